The molecule has 0 aliphatic heterocycles. The van der Waals surface area contributed by atoms with E-state index in [1.807, 2.05) is 49.6 Å². The summed E-state index contributed by atoms with van der Waals surface area (Å²) < 4.78 is 17.6. The summed E-state index contributed by atoms with van der Waals surface area (Å²) in [6.45, 7) is 5.91. The summed E-state index contributed by atoms with van der Waals surface area (Å²) in [7, 11) is 4.41. The van der Waals surface area contributed by atoms with Crippen LogP contribution in [0.3, 0.4) is 0 Å². The van der Waals surface area contributed by atoms with Crippen molar-refractivity contribution in [3.63, 3.8) is 0 Å². The molecule has 2 aromatic carbocycles. The average molecular weight is 451 g/mol. The quantitative estimate of drug-likeness (QED) is 0.513. The first kappa shape index (κ1) is 23.9. The number of ether oxygens (including phenoxy) is 3. The van der Waals surface area contributed by atoms with Crippen molar-refractivity contribution in [1.82, 2.24) is 9.88 Å². The molecule has 1 atom stereocenters. The molecular formula is C26H30N2O5. The van der Waals surface area contributed by atoms with Crippen molar-refractivity contribution in [2.75, 3.05) is 21.3 Å². The zero-order valence-corrected chi connectivity index (χ0v) is 19.9. The Kier molecular flexibility index (Phi) is 7.43. The third-order valence-electron chi connectivity index (χ3n) is 5.65. The van der Waals surface area contributed by atoms with Gasteiger partial charge in [0, 0.05) is 17.1 Å². The highest BCUT2D eigenvalue weighted by Crippen LogP contribution is 2.31. The minimum Gasteiger partial charge on any atom is -0.493 e. The van der Waals surface area contributed by atoms with E-state index >= 15 is 0 Å². The highest BCUT2D eigenvalue weighted by Gasteiger charge is 2.24. The van der Waals surface area contributed by atoms with E-state index in [0.717, 1.165) is 22.6 Å². The number of esters is 1. The minimum atomic E-state index is -0.605. The van der Waals surface area contributed by atoms with Crippen molar-refractivity contribution in [1.29, 1.82) is 0 Å². The molecule has 1 heterocycles. The van der Waals surface area contributed by atoms with Crippen LogP contribution in [0.2, 0.25) is 0 Å². The van der Waals surface area contributed by atoms with Gasteiger partial charge in [0.15, 0.2) is 11.5 Å². The fourth-order valence-corrected chi connectivity index (χ4v) is 3.96. The molecule has 3 aromatic rings. The van der Waals surface area contributed by atoms with E-state index in [1.54, 1.807) is 25.3 Å². The first-order valence-electron chi connectivity index (χ1n) is 10.6. The third-order valence-corrected chi connectivity index (χ3v) is 5.65. The summed E-state index contributed by atoms with van der Waals surface area (Å²) in [6.07, 6.45) is -0.0195. The Balaban J connectivity index is 1.95. The van der Waals surface area contributed by atoms with E-state index in [0.29, 0.717) is 22.6 Å². The number of amides is 1. The Morgan fingerprint density at radius 3 is 2.30 bits per heavy atom. The van der Waals surface area contributed by atoms with Crippen molar-refractivity contribution in [3.05, 3.63) is 76.6 Å². The number of aromatic nitrogens is 1. The van der Waals surface area contributed by atoms with Gasteiger partial charge in [0.2, 0.25) is 0 Å². The molecule has 1 unspecified atom stereocenters. The topological polar surface area (TPSA) is 78.8 Å². The molecule has 0 bridgehead atoms. The molecule has 0 saturated carbocycles. The van der Waals surface area contributed by atoms with E-state index < -0.39 is 12.0 Å². The number of nitrogens with zero attached hydrogens (tertiary/aromatic N) is 1. The van der Waals surface area contributed by atoms with Crippen LogP contribution in [0, 0.1) is 20.8 Å². The predicted octanol–water partition coefficient (Wildman–Crippen LogP) is 4.45. The SMILES string of the molecule is COC(=O)CC(NC(=O)c1cc(C)n(-c2cccc(C)c2)c1C)c1ccc(OC)c(OC)c1. The van der Waals surface area contributed by atoms with Crippen molar-refractivity contribution in [3.8, 4) is 17.2 Å². The summed E-state index contributed by atoms with van der Waals surface area (Å²) in [6, 6.07) is 14.7. The van der Waals surface area contributed by atoms with Gasteiger partial charge in [-0.05, 0) is 62.2 Å². The molecule has 0 aliphatic carbocycles. The van der Waals surface area contributed by atoms with Crippen molar-refractivity contribution >= 4 is 11.9 Å². The van der Waals surface area contributed by atoms with Gasteiger partial charge in [-0.15, -0.1) is 0 Å². The summed E-state index contributed by atoms with van der Waals surface area (Å²) in [5, 5.41) is 3.00. The predicted molar refractivity (Wildman–Crippen MR) is 126 cm³/mol. The Bertz CT molecular complexity index is 1170. The number of hydrogen-bond acceptors (Lipinski definition) is 5. The van der Waals surface area contributed by atoms with Gasteiger partial charge in [-0.3, -0.25) is 9.59 Å². The number of methoxy groups -OCH3 is 3. The molecule has 0 fully saturated rings. The van der Waals surface area contributed by atoms with E-state index in [4.69, 9.17) is 14.2 Å². The largest absolute Gasteiger partial charge is 0.493 e. The van der Waals surface area contributed by atoms with Crippen LogP contribution in [-0.2, 0) is 9.53 Å². The molecule has 0 saturated heterocycles. The van der Waals surface area contributed by atoms with E-state index in [2.05, 4.69) is 11.4 Å². The Labute approximate surface area is 194 Å². The smallest absolute Gasteiger partial charge is 0.307 e. The van der Waals surface area contributed by atoms with Gasteiger partial charge in [0.05, 0.1) is 39.4 Å². The van der Waals surface area contributed by atoms with Crippen LogP contribution in [0.1, 0.15) is 45.3 Å². The fourth-order valence-electron chi connectivity index (χ4n) is 3.96. The lowest BCUT2D eigenvalue weighted by molar-refractivity contribution is -0.141. The van der Waals surface area contributed by atoms with Crippen LogP contribution in [0.25, 0.3) is 5.69 Å². The van der Waals surface area contributed by atoms with Gasteiger partial charge in [0.1, 0.15) is 0 Å². The molecule has 33 heavy (non-hydrogen) atoms. The van der Waals surface area contributed by atoms with E-state index in [9.17, 15) is 9.59 Å². The lowest BCUT2D eigenvalue weighted by atomic mass is 10.0. The van der Waals surface area contributed by atoms with Gasteiger partial charge >= 0.3 is 5.97 Å². The molecule has 0 radical (unpaired) electrons. The van der Waals surface area contributed by atoms with Gasteiger partial charge in [-0.2, -0.15) is 0 Å². The summed E-state index contributed by atoms with van der Waals surface area (Å²) >= 11 is 0. The normalized spacial score (nSPS) is 11.6. The number of hydrogen-bond donors (Lipinski definition) is 1. The van der Waals surface area contributed by atoms with Crippen molar-refractivity contribution in [2.24, 2.45) is 0 Å². The molecule has 1 aromatic heterocycles. The number of carbonyl (C=O) groups is 2. The second-order valence-electron chi connectivity index (χ2n) is 7.88. The Morgan fingerprint density at radius 2 is 1.67 bits per heavy atom. The summed E-state index contributed by atoms with van der Waals surface area (Å²) in [5.74, 6) is 0.369. The fraction of sp³-hybridized carbons (Fsp3) is 0.308. The number of benzene rings is 2. The van der Waals surface area contributed by atoms with Gasteiger partial charge in [0.25, 0.3) is 5.91 Å². The van der Waals surface area contributed by atoms with Crippen molar-refractivity contribution < 1.29 is 23.8 Å². The number of carbonyl (C=O) groups excluding carboxylic acids is 2. The zero-order chi connectivity index (χ0) is 24.1. The number of rotatable bonds is 8. The van der Waals surface area contributed by atoms with Crippen LogP contribution in [0.5, 0.6) is 11.5 Å². The molecule has 7 heteroatoms. The highest BCUT2D eigenvalue weighted by molar-refractivity contribution is 5.96. The van der Waals surface area contributed by atoms with Crippen molar-refractivity contribution in [2.45, 2.75) is 33.2 Å². The maximum absolute atomic E-state index is 13.3. The lowest BCUT2D eigenvalue weighted by Gasteiger charge is -2.20. The van der Waals surface area contributed by atoms with Gasteiger partial charge in [-0.25, -0.2) is 0 Å². The van der Waals surface area contributed by atoms with E-state index in [1.165, 1.54) is 14.2 Å². The highest BCUT2D eigenvalue weighted by atomic mass is 16.5. The van der Waals surface area contributed by atoms with Gasteiger partial charge in [-0.1, -0.05) is 18.2 Å². The second kappa shape index (κ2) is 10.3. The van der Waals surface area contributed by atoms with Gasteiger partial charge < -0.3 is 24.1 Å². The monoisotopic (exact) mass is 450 g/mol. The number of aryl methyl sites for hydroxylation is 2. The lowest BCUT2D eigenvalue weighted by Crippen LogP contribution is -2.30. The number of nitrogens with one attached hydrogen (secondary N) is 1. The Morgan fingerprint density at radius 1 is 0.939 bits per heavy atom. The molecule has 1 N–H and O–H groups in total. The standard InChI is InChI=1S/C26H30N2O5/c1-16-8-7-9-20(12-16)28-17(2)13-21(18(28)3)26(30)27-22(15-25(29)33-6)19-10-11-23(31-4)24(14-19)32-5/h7-14,22H,15H2,1-6H3,(H,27,30). The molecule has 0 aliphatic rings. The first-order valence-corrected chi connectivity index (χ1v) is 10.6. The molecular weight excluding hydrogens is 420 g/mol. The first-order chi connectivity index (χ1) is 15.8. The molecule has 174 valence electrons. The zero-order valence-electron chi connectivity index (χ0n) is 19.9. The summed E-state index contributed by atoms with van der Waals surface area (Å²) in [4.78, 5) is 25.4. The minimum absolute atomic E-state index is 0.0195. The van der Waals surface area contributed by atoms with Crippen LogP contribution < -0.4 is 14.8 Å². The molecule has 7 nitrogen and oxygen atoms in total. The van der Waals surface area contributed by atoms with Crippen LogP contribution >= 0.6 is 0 Å². The Hall–Kier alpha value is -3.74. The second-order valence-corrected chi connectivity index (χ2v) is 7.88. The summed E-state index contributed by atoms with van der Waals surface area (Å²) in [5.41, 5.74) is 5.15. The van der Waals surface area contributed by atoms with Crippen LogP contribution in [-0.4, -0.2) is 37.8 Å². The third kappa shape index (κ3) is 5.19. The van der Waals surface area contributed by atoms with E-state index in [-0.39, 0.29) is 12.3 Å². The van der Waals surface area contributed by atoms with Crippen LogP contribution in [0.15, 0.2) is 48.5 Å². The average Bonchev–Trinajstić information content (AvgIpc) is 3.11. The maximum atomic E-state index is 13.3. The molecule has 3 rings (SSSR count). The maximum Gasteiger partial charge on any atom is 0.307 e. The molecule has 0 spiro atoms. The molecule has 1 amide bonds. The van der Waals surface area contributed by atoms with Crippen LogP contribution in [0.4, 0.5) is 0 Å².